The van der Waals surface area contributed by atoms with Gasteiger partial charge in [0.1, 0.15) is 12.7 Å². The van der Waals surface area contributed by atoms with E-state index in [0.717, 1.165) is 0 Å². The van der Waals surface area contributed by atoms with Crippen LogP contribution in [-0.4, -0.2) is 39.3 Å². The zero-order valence-electron chi connectivity index (χ0n) is 9.58. The molecule has 2 aliphatic rings. The van der Waals surface area contributed by atoms with Crippen LogP contribution in [0, 0.1) is 0 Å². The minimum absolute atomic E-state index is 0.296. The molecule has 0 radical (unpaired) electrons. The van der Waals surface area contributed by atoms with E-state index in [1.54, 1.807) is 26.0 Å². The van der Waals surface area contributed by atoms with Crippen LogP contribution in [0.1, 0.15) is 13.8 Å². The van der Waals surface area contributed by atoms with Crippen molar-refractivity contribution in [2.45, 2.75) is 31.5 Å². The van der Waals surface area contributed by atoms with E-state index in [0.29, 0.717) is 6.61 Å². The fraction of sp³-hybridized carbons (Fsp3) is 0.778. The lowest BCUT2D eigenvalue weighted by molar-refractivity contribution is -0.262. The number of rotatable bonds is 3. The van der Waals surface area contributed by atoms with Crippen molar-refractivity contribution in [2.24, 2.45) is 5.14 Å². The van der Waals surface area contributed by atoms with E-state index in [-0.39, 0.29) is 6.61 Å². The molecule has 8 heteroatoms. The zero-order chi connectivity index (χ0) is 12.7. The summed E-state index contributed by atoms with van der Waals surface area (Å²) in [7, 11) is -4.04. The van der Waals surface area contributed by atoms with Gasteiger partial charge in [-0.05, 0) is 13.8 Å². The van der Waals surface area contributed by atoms with Gasteiger partial charge in [-0.2, -0.15) is 8.42 Å². The molecule has 2 aliphatic heterocycles. The molecule has 98 valence electrons. The van der Waals surface area contributed by atoms with E-state index < -0.39 is 28.0 Å². The largest absolute Gasteiger partial charge is 0.341 e. The summed E-state index contributed by atoms with van der Waals surface area (Å²) < 4.78 is 42.8. The highest BCUT2D eigenvalue weighted by molar-refractivity contribution is 7.84. The highest BCUT2D eigenvalue weighted by atomic mass is 32.2. The van der Waals surface area contributed by atoms with Crippen LogP contribution in [0.25, 0.3) is 0 Å². The fourth-order valence-corrected chi connectivity index (χ4v) is 2.21. The monoisotopic (exact) mass is 265 g/mol. The van der Waals surface area contributed by atoms with Crippen LogP contribution in [0.2, 0.25) is 0 Å². The fourth-order valence-electron chi connectivity index (χ4n) is 1.88. The third-order valence-electron chi connectivity index (χ3n) is 2.42. The summed E-state index contributed by atoms with van der Waals surface area (Å²) in [4.78, 5) is 0. The number of nitrogens with two attached hydrogens (primary N) is 1. The predicted octanol–water partition coefficient (Wildman–Crippen LogP) is -0.359. The lowest BCUT2D eigenvalue weighted by Gasteiger charge is -2.32. The van der Waals surface area contributed by atoms with Crippen molar-refractivity contribution in [2.75, 3.05) is 13.2 Å². The Labute approximate surface area is 99.7 Å². The van der Waals surface area contributed by atoms with Gasteiger partial charge in [-0.25, -0.2) is 5.14 Å². The van der Waals surface area contributed by atoms with Crippen molar-refractivity contribution in [3.05, 3.63) is 12.2 Å². The topological polar surface area (TPSA) is 97.1 Å². The maximum Gasteiger partial charge on any atom is 0.333 e. The Bertz CT molecular complexity index is 431. The van der Waals surface area contributed by atoms with E-state index in [1.807, 2.05) is 0 Å². The highest BCUT2D eigenvalue weighted by Gasteiger charge is 2.55. The number of fused-ring (bicyclic) bond motifs is 1. The first kappa shape index (κ1) is 12.9. The molecule has 0 amide bonds. The molecule has 0 aliphatic carbocycles. The predicted molar refractivity (Wildman–Crippen MR) is 56.9 cm³/mol. The molecule has 7 nitrogen and oxygen atoms in total. The first-order valence-corrected chi connectivity index (χ1v) is 6.55. The van der Waals surface area contributed by atoms with Gasteiger partial charge < -0.3 is 14.2 Å². The molecule has 0 unspecified atom stereocenters. The van der Waals surface area contributed by atoms with Gasteiger partial charge in [-0.15, -0.1) is 0 Å². The van der Waals surface area contributed by atoms with Crippen molar-refractivity contribution in [1.29, 1.82) is 0 Å². The Hall–Kier alpha value is -0.510. The first-order valence-electron chi connectivity index (χ1n) is 5.08. The van der Waals surface area contributed by atoms with Gasteiger partial charge in [0.05, 0.1) is 6.61 Å². The number of hydrogen-bond donors (Lipinski definition) is 1. The van der Waals surface area contributed by atoms with E-state index in [9.17, 15) is 8.42 Å². The van der Waals surface area contributed by atoms with Gasteiger partial charge in [0.2, 0.25) is 5.79 Å². The van der Waals surface area contributed by atoms with Gasteiger partial charge in [0.15, 0.2) is 5.79 Å². The molecular formula is C9H15NO6S. The van der Waals surface area contributed by atoms with Crippen molar-refractivity contribution < 1.29 is 26.8 Å². The molecule has 0 saturated carbocycles. The van der Waals surface area contributed by atoms with Crippen LogP contribution in [0.3, 0.4) is 0 Å². The van der Waals surface area contributed by atoms with E-state index >= 15 is 0 Å². The summed E-state index contributed by atoms with van der Waals surface area (Å²) in [6.45, 7) is 3.37. The summed E-state index contributed by atoms with van der Waals surface area (Å²) in [5.74, 6) is -2.13. The van der Waals surface area contributed by atoms with Crippen LogP contribution in [0.4, 0.5) is 0 Å². The molecule has 2 heterocycles. The second-order valence-corrected chi connectivity index (χ2v) is 5.57. The lowest BCUT2D eigenvalue weighted by atomic mass is 10.1. The third-order valence-corrected chi connectivity index (χ3v) is 2.87. The quantitative estimate of drug-likeness (QED) is 0.700. The Morgan fingerprint density at radius 2 is 2.24 bits per heavy atom. The Kier molecular flexibility index (Phi) is 3.05. The molecule has 0 bridgehead atoms. The molecular weight excluding hydrogens is 250 g/mol. The number of ether oxygens (including phenoxy) is 3. The summed E-state index contributed by atoms with van der Waals surface area (Å²) in [6.07, 6.45) is 3.00. The molecule has 1 saturated heterocycles. The van der Waals surface area contributed by atoms with E-state index in [4.69, 9.17) is 19.3 Å². The highest BCUT2D eigenvalue weighted by Crippen LogP contribution is 2.40. The Morgan fingerprint density at radius 1 is 1.53 bits per heavy atom. The van der Waals surface area contributed by atoms with Crippen molar-refractivity contribution in [3.8, 4) is 0 Å². The summed E-state index contributed by atoms with van der Waals surface area (Å²) in [6, 6.07) is 0. The van der Waals surface area contributed by atoms with Gasteiger partial charge in [-0.3, -0.25) is 4.18 Å². The second kappa shape index (κ2) is 4.01. The zero-order valence-corrected chi connectivity index (χ0v) is 10.4. The van der Waals surface area contributed by atoms with Crippen molar-refractivity contribution in [3.63, 3.8) is 0 Å². The first-order chi connectivity index (χ1) is 7.73. The van der Waals surface area contributed by atoms with Crippen LogP contribution >= 0.6 is 0 Å². The molecule has 2 rings (SSSR count). The molecule has 17 heavy (non-hydrogen) atoms. The smallest absolute Gasteiger partial charge is 0.333 e. The van der Waals surface area contributed by atoms with Gasteiger partial charge >= 0.3 is 10.3 Å². The Balaban J connectivity index is 2.18. The molecule has 0 aromatic rings. The van der Waals surface area contributed by atoms with E-state index in [1.165, 1.54) is 0 Å². The van der Waals surface area contributed by atoms with Gasteiger partial charge in [-0.1, -0.05) is 12.2 Å². The maximum atomic E-state index is 10.8. The van der Waals surface area contributed by atoms with Crippen molar-refractivity contribution in [1.82, 2.24) is 0 Å². The van der Waals surface area contributed by atoms with E-state index in [2.05, 4.69) is 4.18 Å². The van der Waals surface area contributed by atoms with Crippen LogP contribution in [0.5, 0.6) is 0 Å². The lowest BCUT2D eigenvalue weighted by Crippen LogP contribution is -2.49. The van der Waals surface area contributed by atoms with Crippen LogP contribution in [0.15, 0.2) is 12.2 Å². The second-order valence-electron chi connectivity index (χ2n) is 4.35. The van der Waals surface area contributed by atoms with Gasteiger partial charge in [0.25, 0.3) is 0 Å². The minimum atomic E-state index is -4.04. The average Bonchev–Trinajstić information content (AvgIpc) is 2.44. The summed E-state index contributed by atoms with van der Waals surface area (Å²) in [5, 5.41) is 4.78. The van der Waals surface area contributed by atoms with Crippen LogP contribution < -0.4 is 5.14 Å². The standard InChI is InChI=1S/C9H15NO6S/c1-8(2)15-7-4-3-5-13-9(7,16-8)6-14-17(10,11)12/h3-4,7H,5-6H2,1-2H3,(H2,10,11,12)/t7-,9-/m0/s1. The average molecular weight is 265 g/mol. The van der Waals surface area contributed by atoms with Gasteiger partial charge in [0, 0.05) is 0 Å². The summed E-state index contributed by atoms with van der Waals surface area (Å²) in [5.41, 5.74) is 0. The molecule has 0 aromatic heterocycles. The van der Waals surface area contributed by atoms with Crippen LogP contribution in [-0.2, 0) is 28.7 Å². The molecule has 2 N–H and O–H groups in total. The van der Waals surface area contributed by atoms with Crippen molar-refractivity contribution >= 4 is 10.3 Å². The molecule has 0 aromatic carbocycles. The Morgan fingerprint density at radius 3 is 2.88 bits per heavy atom. The summed E-state index contributed by atoms with van der Waals surface area (Å²) >= 11 is 0. The molecule has 2 atom stereocenters. The normalized spacial score (nSPS) is 35.8. The SMILES string of the molecule is CC1(C)O[C@H]2C=CCO[C@@]2(COS(N)(=O)=O)O1. The molecule has 0 spiro atoms. The maximum absolute atomic E-state index is 10.8. The third kappa shape index (κ3) is 2.84. The minimum Gasteiger partial charge on any atom is -0.341 e. The number of hydrogen-bond acceptors (Lipinski definition) is 6. The molecule has 1 fully saturated rings.